The summed E-state index contributed by atoms with van der Waals surface area (Å²) in [5.41, 5.74) is 1.84. The summed E-state index contributed by atoms with van der Waals surface area (Å²) in [5, 5.41) is 5.47. The van der Waals surface area contributed by atoms with Crippen LogP contribution in [0.1, 0.15) is 10.6 Å². The lowest BCUT2D eigenvalue weighted by atomic mass is 10.2. The highest BCUT2D eigenvalue weighted by atomic mass is 35.5. The van der Waals surface area contributed by atoms with E-state index in [2.05, 4.69) is 10.3 Å². The van der Waals surface area contributed by atoms with Crippen molar-refractivity contribution in [3.8, 4) is 10.4 Å². The molecule has 1 N–H and O–H groups in total. The van der Waals surface area contributed by atoms with Crippen molar-refractivity contribution in [3.63, 3.8) is 0 Å². The van der Waals surface area contributed by atoms with Gasteiger partial charge in [-0.05, 0) is 29.8 Å². The zero-order chi connectivity index (χ0) is 16.2. The van der Waals surface area contributed by atoms with Gasteiger partial charge in [0.2, 0.25) is 0 Å². The predicted molar refractivity (Wildman–Crippen MR) is 94.5 cm³/mol. The Kier molecular flexibility index (Phi) is 5.28. The summed E-state index contributed by atoms with van der Waals surface area (Å²) < 4.78 is 12.9. The second-order valence-corrected chi connectivity index (χ2v) is 6.87. The van der Waals surface area contributed by atoms with Gasteiger partial charge in [0, 0.05) is 24.8 Å². The molecule has 2 nitrogen and oxygen atoms in total. The molecule has 0 radical (unpaired) electrons. The van der Waals surface area contributed by atoms with Gasteiger partial charge in [0.15, 0.2) is 0 Å². The quantitative estimate of drug-likeness (QED) is 0.640. The Morgan fingerprint density at radius 3 is 2.39 bits per heavy atom. The number of hydrogen-bond donors (Lipinski definition) is 1. The molecule has 118 valence electrons. The van der Waals surface area contributed by atoms with Crippen LogP contribution in [-0.2, 0) is 13.1 Å². The fourth-order valence-electron chi connectivity index (χ4n) is 2.16. The summed E-state index contributed by atoms with van der Waals surface area (Å²) in [7, 11) is 0. The molecule has 2 aromatic carbocycles. The van der Waals surface area contributed by atoms with Crippen molar-refractivity contribution < 1.29 is 4.39 Å². The first-order valence-corrected chi connectivity index (χ1v) is 8.55. The Bertz CT molecular complexity index is 782. The summed E-state index contributed by atoms with van der Waals surface area (Å²) in [6, 6.07) is 11.9. The topological polar surface area (TPSA) is 24.9 Å². The highest BCUT2D eigenvalue weighted by molar-refractivity contribution is 7.15. The van der Waals surface area contributed by atoms with Gasteiger partial charge in [-0.25, -0.2) is 9.37 Å². The number of nitrogens with zero attached hydrogens (tertiary/aromatic N) is 1. The lowest BCUT2D eigenvalue weighted by Gasteiger charge is -2.03. The highest BCUT2D eigenvalue weighted by Gasteiger charge is 2.11. The first-order chi connectivity index (χ1) is 11.1. The zero-order valence-electron chi connectivity index (χ0n) is 12.0. The van der Waals surface area contributed by atoms with Crippen LogP contribution in [0.4, 0.5) is 4.39 Å². The Morgan fingerprint density at radius 1 is 1.00 bits per heavy atom. The van der Waals surface area contributed by atoms with E-state index in [1.165, 1.54) is 12.1 Å². The third-order valence-electron chi connectivity index (χ3n) is 3.28. The zero-order valence-corrected chi connectivity index (χ0v) is 14.4. The van der Waals surface area contributed by atoms with E-state index in [1.807, 2.05) is 18.2 Å². The Morgan fingerprint density at radius 2 is 1.70 bits per heavy atom. The standard InChI is InChI=1S/C17H13Cl2FN2S/c18-13-2-1-3-14(19)17(13)15-9-22-16(23-15)10-21-8-11-4-6-12(20)7-5-11/h1-7,9,21H,8,10H2. The van der Waals surface area contributed by atoms with Gasteiger partial charge in [-0.15, -0.1) is 11.3 Å². The van der Waals surface area contributed by atoms with Crippen LogP contribution >= 0.6 is 34.5 Å². The number of nitrogens with one attached hydrogen (secondary N) is 1. The van der Waals surface area contributed by atoms with E-state index >= 15 is 0 Å². The van der Waals surface area contributed by atoms with E-state index in [9.17, 15) is 4.39 Å². The van der Waals surface area contributed by atoms with Crippen molar-refractivity contribution in [2.24, 2.45) is 0 Å². The number of thiazole rings is 1. The van der Waals surface area contributed by atoms with Gasteiger partial charge in [-0.1, -0.05) is 41.4 Å². The van der Waals surface area contributed by atoms with E-state index in [1.54, 1.807) is 29.7 Å². The molecule has 1 heterocycles. The van der Waals surface area contributed by atoms with Crippen molar-refractivity contribution in [1.82, 2.24) is 10.3 Å². The Balaban J connectivity index is 1.64. The molecule has 23 heavy (non-hydrogen) atoms. The summed E-state index contributed by atoms with van der Waals surface area (Å²) in [6.45, 7) is 1.28. The second-order valence-electron chi connectivity index (χ2n) is 4.94. The summed E-state index contributed by atoms with van der Waals surface area (Å²) in [4.78, 5) is 5.34. The normalized spacial score (nSPS) is 10.9. The van der Waals surface area contributed by atoms with Crippen molar-refractivity contribution in [2.45, 2.75) is 13.1 Å². The molecule has 0 bridgehead atoms. The van der Waals surface area contributed by atoms with Crippen LogP contribution in [0.25, 0.3) is 10.4 Å². The van der Waals surface area contributed by atoms with Crippen LogP contribution in [0.2, 0.25) is 10.0 Å². The number of rotatable bonds is 5. The molecule has 0 aliphatic carbocycles. The number of halogens is 3. The SMILES string of the molecule is Fc1ccc(CNCc2ncc(-c3c(Cl)cccc3Cl)s2)cc1. The number of benzene rings is 2. The molecule has 1 aromatic heterocycles. The predicted octanol–water partition coefficient (Wildman–Crippen LogP) is 5.55. The molecule has 3 rings (SSSR count). The third kappa shape index (κ3) is 4.09. The first-order valence-electron chi connectivity index (χ1n) is 6.98. The largest absolute Gasteiger partial charge is 0.306 e. The molecular formula is C17H13Cl2FN2S. The molecule has 0 saturated carbocycles. The third-order valence-corrected chi connectivity index (χ3v) is 4.93. The molecule has 0 spiro atoms. The summed E-state index contributed by atoms with van der Waals surface area (Å²) >= 11 is 14.0. The van der Waals surface area contributed by atoms with Crippen molar-refractivity contribution in [2.75, 3.05) is 0 Å². The molecule has 3 aromatic rings. The van der Waals surface area contributed by atoms with Gasteiger partial charge in [-0.2, -0.15) is 0 Å². The first kappa shape index (κ1) is 16.4. The Hall–Kier alpha value is -1.46. The maximum absolute atomic E-state index is 12.9. The minimum absolute atomic E-state index is 0.227. The van der Waals surface area contributed by atoms with Crippen LogP contribution in [0.15, 0.2) is 48.7 Å². The van der Waals surface area contributed by atoms with Crippen LogP contribution in [0.3, 0.4) is 0 Å². The van der Waals surface area contributed by atoms with Gasteiger partial charge in [0.05, 0.1) is 14.9 Å². The van der Waals surface area contributed by atoms with Gasteiger partial charge < -0.3 is 5.32 Å². The molecule has 0 fully saturated rings. The van der Waals surface area contributed by atoms with E-state index in [0.29, 0.717) is 23.1 Å². The van der Waals surface area contributed by atoms with E-state index < -0.39 is 0 Å². The Labute approximate surface area is 147 Å². The molecule has 0 amide bonds. The average Bonchev–Trinajstić information content (AvgIpc) is 2.98. The number of hydrogen-bond acceptors (Lipinski definition) is 3. The van der Waals surface area contributed by atoms with Gasteiger partial charge in [-0.3, -0.25) is 0 Å². The lowest BCUT2D eigenvalue weighted by molar-refractivity contribution is 0.625. The van der Waals surface area contributed by atoms with E-state index in [0.717, 1.165) is 21.0 Å². The van der Waals surface area contributed by atoms with Gasteiger partial charge in [0.25, 0.3) is 0 Å². The number of aromatic nitrogens is 1. The van der Waals surface area contributed by atoms with Crippen LogP contribution in [0.5, 0.6) is 0 Å². The van der Waals surface area contributed by atoms with E-state index in [4.69, 9.17) is 23.2 Å². The molecule has 6 heteroatoms. The molecule has 0 unspecified atom stereocenters. The lowest BCUT2D eigenvalue weighted by Crippen LogP contribution is -2.12. The van der Waals surface area contributed by atoms with Crippen LogP contribution in [0, 0.1) is 5.82 Å². The highest BCUT2D eigenvalue weighted by Crippen LogP contribution is 2.37. The summed E-state index contributed by atoms with van der Waals surface area (Å²) in [5.74, 6) is -0.227. The smallest absolute Gasteiger partial charge is 0.123 e. The van der Waals surface area contributed by atoms with Crippen molar-refractivity contribution >= 4 is 34.5 Å². The molecular weight excluding hydrogens is 354 g/mol. The van der Waals surface area contributed by atoms with Crippen LogP contribution < -0.4 is 5.32 Å². The molecule has 0 aliphatic rings. The maximum atomic E-state index is 12.9. The van der Waals surface area contributed by atoms with Crippen LogP contribution in [-0.4, -0.2) is 4.98 Å². The second kappa shape index (κ2) is 7.41. The van der Waals surface area contributed by atoms with Crippen molar-refractivity contribution in [3.05, 3.63) is 75.1 Å². The van der Waals surface area contributed by atoms with Crippen molar-refractivity contribution in [1.29, 1.82) is 0 Å². The maximum Gasteiger partial charge on any atom is 0.123 e. The summed E-state index contributed by atoms with van der Waals surface area (Å²) in [6.07, 6.45) is 1.78. The van der Waals surface area contributed by atoms with E-state index in [-0.39, 0.29) is 5.82 Å². The monoisotopic (exact) mass is 366 g/mol. The average molecular weight is 367 g/mol. The van der Waals surface area contributed by atoms with Gasteiger partial charge >= 0.3 is 0 Å². The minimum atomic E-state index is -0.227. The van der Waals surface area contributed by atoms with Gasteiger partial charge in [0.1, 0.15) is 10.8 Å². The molecule has 0 saturated heterocycles. The molecule has 0 atom stereocenters. The fraction of sp³-hybridized carbons (Fsp3) is 0.118. The minimum Gasteiger partial charge on any atom is -0.306 e. The molecule has 0 aliphatic heterocycles. The fourth-order valence-corrected chi connectivity index (χ4v) is 3.83.